The lowest BCUT2D eigenvalue weighted by Gasteiger charge is -2.37. The number of aryl methyl sites for hydroxylation is 1. The lowest BCUT2D eigenvalue weighted by molar-refractivity contribution is 0.209. The van der Waals surface area contributed by atoms with Crippen molar-refractivity contribution in [3.05, 3.63) is 73.0 Å². The summed E-state index contributed by atoms with van der Waals surface area (Å²) < 4.78 is 2.02. The Morgan fingerprint density at radius 2 is 1.75 bits per heavy atom. The minimum Gasteiger partial charge on any atom is -0.373 e. The summed E-state index contributed by atoms with van der Waals surface area (Å²) in [5.74, 6) is 1.98. The molecule has 0 bridgehead atoms. The smallest absolute Gasteiger partial charge is 0.129 e. The van der Waals surface area contributed by atoms with Crippen LogP contribution in [0.25, 0.3) is 28.1 Å². The van der Waals surface area contributed by atoms with E-state index in [0.717, 1.165) is 54.5 Å². The molecule has 1 aliphatic heterocycles. The number of aromatic nitrogens is 4. The SMILES string of the molecule is C/C=C\c1ccnc(N2CCN(C(C)C)CC2)c1.CNc1cc2cc(-c3cncn3C)ccc2cn1. The highest BCUT2D eigenvalue weighted by Gasteiger charge is 2.19. The van der Waals surface area contributed by atoms with Crippen LogP contribution in [0.4, 0.5) is 11.6 Å². The Morgan fingerprint density at radius 1 is 0.944 bits per heavy atom. The third kappa shape index (κ3) is 6.10. The number of nitrogens with one attached hydrogen (secondary N) is 1. The number of imidazole rings is 1. The molecule has 4 heterocycles. The minimum atomic E-state index is 0.648. The lowest BCUT2D eigenvalue weighted by Crippen LogP contribution is -2.49. The summed E-state index contributed by atoms with van der Waals surface area (Å²) in [6, 6.07) is 13.3. The first-order chi connectivity index (χ1) is 17.5. The molecule has 188 valence electrons. The van der Waals surface area contributed by atoms with Gasteiger partial charge in [0.1, 0.15) is 11.6 Å². The molecule has 1 fully saturated rings. The van der Waals surface area contributed by atoms with Gasteiger partial charge in [0.05, 0.1) is 18.2 Å². The summed E-state index contributed by atoms with van der Waals surface area (Å²) >= 11 is 0. The molecular formula is C29H37N7. The van der Waals surface area contributed by atoms with E-state index in [-0.39, 0.29) is 0 Å². The fourth-order valence-electron chi connectivity index (χ4n) is 4.44. The molecule has 1 saturated heterocycles. The number of hydrogen-bond acceptors (Lipinski definition) is 6. The number of anilines is 2. The number of rotatable bonds is 5. The van der Waals surface area contributed by atoms with Crippen LogP contribution in [-0.4, -0.2) is 63.7 Å². The van der Waals surface area contributed by atoms with Gasteiger partial charge in [0.2, 0.25) is 0 Å². The molecule has 1 aromatic carbocycles. The van der Waals surface area contributed by atoms with Crippen molar-refractivity contribution in [2.75, 3.05) is 43.4 Å². The first-order valence-electron chi connectivity index (χ1n) is 12.6. The number of hydrogen-bond donors (Lipinski definition) is 1. The average molecular weight is 484 g/mol. The number of fused-ring (bicyclic) bond motifs is 1. The van der Waals surface area contributed by atoms with Crippen molar-refractivity contribution in [2.45, 2.75) is 26.8 Å². The van der Waals surface area contributed by atoms with Crippen molar-refractivity contribution in [3.8, 4) is 11.3 Å². The molecule has 1 aliphatic rings. The number of pyridine rings is 2. The second kappa shape index (κ2) is 11.8. The van der Waals surface area contributed by atoms with Gasteiger partial charge in [-0.1, -0.05) is 24.3 Å². The Bertz CT molecular complexity index is 1300. The molecule has 4 aromatic rings. The fourth-order valence-corrected chi connectivity index (χ4v) is 4.44. The largest absolute Gasteiger partial charge is 0.373 e. The zero-order valence-corrected chi connectivity index (χ0v) is 22.0. The molecule has 0 unspecified atom stereocenters. The van der Waals surface area contributed by atoms with E-state index in [0.29, 0.717) is 6.04 Å². The second-order valence-corrected chi connectivity index (χ2v) is 9.34. The van der Waals surface area contributed by atoms with Crippen molar-refractivity contribution < 1.29 is 0 Å². The molecule has 0 aliphatic carbocycles. The van der Waals surface area contributed by atoms with Gasteiger partial charge in [0.25, 0.3) is 0 Å². The topological polar surface area (TPSA) is 62.1 Å². The first kappa shape index (κ1) is 25.4. The molecular weight excluding hydrogens is 446 g/mol. The van der Waals surface area contributed by atoms with Gasteiger partial charge in [0, 0.05) is 69.7 Å². The maximum atomic E-state index is 4.49. The highest BCUT2D eigenvalue weighted by Crippen LogP contribution is 2.24. The first-order valence-corrected chi connectivity index (χ1v) is 12.6. The predicted molar refractivity (Wildman–Crippen MR) is 151 cm³/mol. The van der Waals surface area contributed by atoms with Gasteiger partial charge < -0.3 is 14.8 Å². The molecule has 7 nitrogen and oxygen atoms in total. The van der Waals surface area contributed by atoms with Crippen molar-refractivity contribution in [1.82, 2.24) is 24.4 Å². The lowest BCUT2D eigenvalue weighted by atomic mass is 10.1. The Balaban J connectivity index is 0.000000169. The normalized spacial score (nSPS) is 14.3. The quantitative estimate of drug-likeness (QED) is 0.414. The van der Waals surface area contributed by atoms with Crippen molar-refractivity contribution in [2.24, 2.45) is 7.05 Å². The summed E-state index contributed by atoms with van der Waals surface area (Å²) in [5, 5.41) is 5.37. The summed E-state index contributed by atoms with van der Waals surface area (Å²) in [6.07, 6.45) is 11.7. The summed E-state index contributed by atoms with van der Waals surface area (Å²) in [4.78, 5) is 17.8. The Hall–Kier alpha value is -3.71. The van der Waals surface area contributed by atoms with Crippen LogP contribution in [0.5, 0.6) is 0 Å². The number of nitrogens with zero attached hydrogens (tertiary/aromatic N) is 6. The molecule has 0 radical (unpaired) electrons. The van der Waals surface area contributed by atoms with E-state index in [4.69, 9.17) is 0 Å². The molecule has 7 heteroatoms. The van der Waals surface area contributed by atoms with Crippen LogP contribution in [-0.2, 0) is 7.05 Å². The highest BCUT2D eigenvalue weighted by molar-refractivity contribution is 5.88. The molecule has 0 amide bonds. The van der Waals surface area contributed by atoms with Gasteiger partial charge in [-0.05, 0) is 56.0 Å². The number of piperazine rings is 1. The molecule has 36 heavy (non-hydrogen) atoms. The maximum Gasteiger partial charge on any atom is 0.129 e. The maximum absolute atomic E-state index is 4.49. The van der Waals surface area contributed by atoms with Crippen molar-refractivity contribution in [1.29, 1.82) is 0 Å². The van der Waals surface area contributed by atoms with Gasteiger partial charge in [0.15, 0.2) is 0 Å². The second-order valence-electron chi connectivity index (χ2n) is 9.34. The van der Waals surface area contributed by atoms with Crippen molar-refractivity contribution in [3.63, 3.8) is 0 Å². The number of benzene rings is 1. The summed E-state index contributed by atoms with van der Waals surface area (Å²) in [7, 11) is 3.87. The zero-order valence-electron chi connectivity index (χ0n) is 22.0. The summed E-state index contributed by atoms with van der Waals surface area (Å²) in [6.45, 7) is 11.0. The van der Waals surface area contributed by atoms with Crippen LogP contribution in [0, 0.1) is 0 Å². The van der Waals surface area contributed by atoms with Gasteiger partial charge >= 0.3 is 0 Å². The molecule has 3 aromatic heterocycles. The van der Waals surface area contributed by atoms with Crippen LogP contribution < -0.4 is 10.2 Å². The third-order valence-corrected chi connectivity index (χ3v) is 6.59. The average Bonchev–Trinajstić information content (AvgIpc) is 3.34. The van der Waals surface area contributed by atoms with Gasteiger partial charge in [-0.2, -0.15) is 0 Å². The van der Waals surface area contributed by atoms with E-state index < -0.39 is 0 Å². The van der Waals surface area contributed by atoms with Crippen LogP contribution >= 0.6 is 0 Å². The van der Waals surface area contributed by atoms with Gasteiger partial charge in [-0.3, -0.25) is 4.90 Å². The van der Waals surface area contributed by atoms with Gasteiger partial charge in [-0.25, -0.2) is 15.0 Å². The Kier molecular flexibility index (Phi) is 8.33. The molecule has 5 rings (SSSR count). The van der Waals surface area contributed by atoms with E-state index in [1.807, 2.05) is 56.6 Å². The van der Waals surface area contributed by atoms with E-state index >= 15 is 0 Å². The minimum absolute atomic E-state index is 0.648. The molecule has 1 N–H and O–H groups in total. The molecule has 0 spiro atoms. The highest BCUT2D eigenvalue weighted by atomic mass is 15.3. The van der Waals surface area contributed by atoms with Crippen LogP contribution in [0.3, 0.4) is 0 Å². The van der Waals surface area contributed by atoms with E-state index in [1.54, 1.807) is 0 Å². The van der Waals surface area contributed by atoms with Crippen LogP contribution in [0.2, 0.25) is 0 Å². The molecule has 0 saturated carbocycles. The van der Waals surface area contributed by atoms with Gasteiger partial charge in [-0.15, -0.1) is 0 Å². The predicted octanol–water partition coefficient (Wildman–Crippen LogP) is 5.32. The standard InChI is InChI=1S/C15H23N3.C14H14N4/c1-4-5-14-6-7-16-15(12-14)18-10-8-17(9-11-18)13(2)3;1-15-14-6-12-5-10(3-4-11(12)7-17-14)13-8-16-9-18(13)2/h4-7,12-13H,8-11H2,1-3H3;3-9H,1-2H3,(H,15,17)/b5-4-;. The number of allylic oxidation sites excluding steroid dienone is 1. The van der Waals surface area contributed by atoms with Crippen LogP contribution in [0.1, 0.15) is 26.3 Å². The zero-order chi connectivity index (χ0) is 25.5. The van der Waals surface area contributed by atoms with E-state index in [1.165, 1.54) is 10.9 Å². The Morgan fingerprint density at radius 3 is 2.42 bits per heavy atom. The van der Waals surface area contributed by atoms with E-state index in [9.17, 15) is 0 Å². The van der Waals surface area contributed by atoms with E-state index in [2.05, 4.69) is 86.4 Å². The molecule has 0 atom stereocenters. The summed E-state index contributed by atoms with van der Waals surface area (Å²) in [5.41, 5.74) is 3.50. The Labute approximate surface area is 214 Å². The third-order valence-electron chi connectivity index (χ3n) is 6.59. The fraction of sp³-hybridized carbons (Fsp3) is 0.345. The van der Waals surface area contributed by atoms with Crippen LogP contribution in [0.15, 0.2) is 67.4 Å². The monoisotopic (exact) mass is 483 g/mol. The van der Waals surface area contributed by atoms with Crippen molar-refractivity contribution >= 4 is 28.5 Å².